The van der Waals surface area contributed by atoms with Crippen LogP contribution in [-0.4, -0.2) is 62.7 Å². The summed E-state index contributed by atoms with van der Waals surface area (Å²) in [5.41, 5.74) is 0. The first-order chi connectivity index (χ1) is 12.2. The van der Waals surface area contributed by atoms with Crippen LogP contribution in [0.3, 0.4) is 0 Å². The molecule has 1 aliphatic rings. The van der Waals surface area contributed by atoms with Crippen LogP contribution in [0, 0.1) is 0 Å². The lowest BCUT2D eigenvalue weighted by molar-refractivity contribution is -0.147. The molecular weight excluding hydrogens is 322 g/mol. The van der Waals surface area contributed by atoms with E-state index < -0.39 is 5.97 Å². The number of ether oxygens (including phenoxy) is 3. The van der Waals surface area contributed by atoms with Gasteiger partial charge in [0.15, 0.2) is 5.78 Å². The Labute approximate surface area is 149 Å². The van der Waals surface area contributed by atoms with E-state index in [1.807, 2.05) is 30.3 Å². The van der Waals surface area contributed by atoms with Crippen molar-refractivity contribution in [3.8, 4) is 5.75 Å². The van der Waals surface area contributed by atoms with Crippen molar-refractivity contribution >= 4 is 11.8 Å². The number of carbonyl (C=O) groups is 2. The first-order valence-corrected chi connectivity index (χ1v) is 8.89. The summed E-state index contributed by atoms with van der Waals surface area (Å²) < 4.78 is 15.8. The highest BCUT2D eigenvalue weighted by molar-refractivity contribution is 5.96. The van der Waals surface area contributed by atoms with Crippen LogP contribution < -0.4 is 4.74 Å². The summed E-state index contributed by atoms with van der Waals surface area (Å²) in [6.07, 6.45) is 3.51. The predicted molar refractivity (Wildman–Crippen MR) is 93.6 cm³/mol. The number of para-hydroxylation sites is 1. The minimum Gasteiger partial charge on any atom is -0.490 e. The van der Waals surface area contributed by atoms with Crippen molar-refractivity contribution < 1.29 is 23.8 Å². The fraction of sp³-hybridized carbons (Fsp3) is 0.579. The lowest BCUT2D eigenvalue weighted by Crippen LogP contribution is -2.33. The Morgan fingerprint density at radius 1 is 0.960 bits per heavy atom. The Balaban J connectivity index is 1.46. The maximum Gasteiger partial charge on any atom is 0.313 e. The van der Waals surface area contributed by atoms with Crippen LogP contribution in [-0.2, 0) is 19.1 Å². The minimum absolute atomic E-state index is 0.0382. The molecule has 1 saturated heterocycles. The largest absolute Gasteiger partial charge is 0.490 e. The molecule has 1 fully saturated rings. The van der Waals surface area contributed by atoms with Gasteiger partial charge in [0, 0.05) is 6.54 Å². The lowest BCUT2D eigenvalue weighted by atomic mass is 10.1. The third-order valence-corrected chi connectivity index (χ3v) is 3.96. The van der Waals surface area contributed by atoms with Crippen LogP contribution in [0.4, 0.5) is 0 Å². The van der Waals surface area contributed by atoms with Crippen molar-refractivity contribution in [2.24, 2.45) is 0 Å². The molecule has 0 radical (unpaired) electrons. The number of ketones is 1. The standard InChI is InChI=1S/C19H27NO5/c21-17(16-23-12-11-20-9-5-2-6-10-20)15-19(22)25-14-13-24-18-7-3-1-4-8-18/h1,3-4,7-8H,2,5-6,9-16H2. The van der Waals surface area contributed by atoms with E-state index in [0.717, 1.165) is 25.4 Å². The zero-order valence-corrected chi connectivity index (χ0v) is 14.7. The molecule has 25 heavy (non-hydrogen) atoms. The predicted octanol–water partition coefficient (Wildman–Crippen LogP) is 2.07. The molecule has 1 aromatic rings. The maximum absolute atomic E-state index is 11.7. The molecule has 0 atom stereocenters. The van der Waals surface area contributed by atoms with Crippen molar-refractivity contribution in [2.75, 3.05) is 46.1 Å². The van der Waals surface area contributed by atoms with Gasteiger partial charge >= 0.3 is 5.97 Å². The van der Waals surface area contributed by atoms with Crippen molar-refractivity contribution in [2.45, 2.75) is 25.7 Å². The molecule has 0 spiro atoms. The van der Waals surface area contributed by atoms with E-state index >= 15 is 0 Å². The summed E-state index contributed by atoms with van der Waals surface area (Å²) >= 11 is 0. The molecule has 0 N–H and O–H groups in total. The highest BCUT2D eigenvalue weighted by Crippen LogP contribution is 2.08. The molecule has 1 heterocycles. The van der Waals surface area contributed by atoms with Gasteiger partial charge in [-0.05, 0) is 38.1 Å². The Kier molecular flexibility index (Phi) is 9.01. The number of carbonyl (C=O) groups excluding carboxylic acids is 2. The second-order valence-corrected chi connectivity index (χ2v) is 6.05. The molecule has 0 saturated carbocycles. The minimum atomic E-state index is -0.540. The molecule has 0 aromatic heterocycles. The fourth-order valence-corrected chi connectivity index (χ4v) is 2.66. The van der Waals surface area contributed by atoms with Gasteiger partial charge in [-0.2, -0.15) is 0 Å². The Morgan fingerprint density at radius 3 is 2.48 bits per heavy atom. The van der Waals surface area contributed by atoms with Gasteiger partial charge in [-0.15, -0.1) is 0 Å². The molecule has 0 bridgehead atoms. The number of nitrogens with zero attached hydrogens (tertiary/aromatic N) is 1. The van der Waals surface area contributed by atoms with E-state index in [0.29, 0.717) is 6.61 Å². The zero-order valence-electron chi connectivity index (χ0n) is 14.7. The van der Waals surface area contributed by atoms with Gasteiger partial charge < -0.3 is 19.1 Å². The fourth-order valence-electron chi connectivity index (χ4n) is 2.66. The van der Waals surface area contributed by atoms with E-state index in [-0.39, 0.29) is 32.0 Å². The number of hydrogen-bond acceptors (Lipinski definition) is 6. The number of Topliss-reactive ketones (excluding diaryl/α,β-unsaturated/α-hetero) is 1. The van der Waals surface area contributed by atoms with Crippen LogP contribution in [0.15, 0.2) is 30.3 Å². The van der Waals surface area contributed by atoms with Crippen LogP contribution in [0.25, 0.3) is 0 Å². The number of likely N-dealkylation sites (tertiary alicyclic amines) is 1. The second kappa shape index (κ2) is 11.6. The third kappa shape index (κ3) is 8.65. The Bertz CT molecular complexity index is 514. The summed E-state index contributed by atoms with van der Waals surface area (Å²) in [5.74, 6) is -0.0781. The number of hydrogen-bond donors (Lipinski definition) is 0. The average Bonchev–Trinajstić information content (AvgIpc) is 2.64. The van der Waals surface area contributed by atoms with Crippen molar-refractivity contribution in [3.05, 3.63) is 30.3 Å². The highest BCUT2D eigenvalue weighted by atomic mass is 16.6. The molecule has 1 aromatic carbocycles. The van der Waals surface area contributed by atoms with Gasteiger partial charge in [0.2, 0.25) is 0 Å². The number of piperidine rings is 1. The van der Waals surface area contributed by atoms with Crippen molar-refractivity contribution in [3.63, 3.8) is 0 Å². The maximum atomic E-state index is 11.7. The molecule has 2 rings (SSSR count). The molecular formula is C19H27NO5. The van der Waals surface area contributed by atoms with Gasteiger partial charge in [0.25, 0.3) is 0 Å². The molecule has 0 amide bonds. The Morgan fingerprint density at radius 2 is 1.72 bits per heavy atom. The lowest BCUT2D eigenvalue weighted by Gasteiger charge is -2.25. The first kappa shape index (κ1) is 19.4. The summed E-state index contributed by atoms with van der Waals surface area (Å²) in [7, 11) is 0. The molecule has 6 heteroatoms. The number of benzene rings is 1. The molecule has 0 aliphatic carbocycles. The van der Waals surface area contributed by atoms with Crippen molar-refractivity contribution in [1.82, 2.24) is 4.90 Å². The molecule has 0 unspecified atom stereocenters. The molecule has 1 aliphatic heterocycles. The summed E-state index contributed by atoms with van der Waals surface area (Å²) in [4.78, 5) is 25.6. The zero-order chi connectivity index (χ0) is 17.7. The number of esters is 1. The SMILES string of the molecule is O=C(COCCN1CCCCC1)CC(=O)OCCOc1ccccc1. The third-order valence-electron chi connectivity index (χ3n) is 3.96. The van der Waals surface area contributed by atoms with Crippen LogP contribution in [0.5, 0.6) is 5.75 Å². The van der Waals surface area contributed by atoms with Gasteiger partial charge in [0.05, 0.1) is 6.61 Å². The van der Waals surface area contributed by atoms with Crippen LogP contribution in [0.2, 0.25) is 0 Å². The second-order valence-electron chi connectivity index (χ2n) is 6.05. The van der Waals surface area contributed by atoms with E-state index in [1.165, 1.54) is 19.3 Å². The van der Waals surface area contributed by atoms with Crippen LogP contribution in [0.1, 0.15) is 25.7 Å². The average molecular weight is 349 g/mol. The summed E-state index contributed by atoms with van der Waals surface area (Å²) in [6, 6.07) is 9.28. The summed E-state index contributed by atoms with van der Waals surface area (Å²) in [5, 5.41) is 0. The van der Waals surface area contributed by atoms with E-state index in [1.54, 1.807) is 0 Å². The van der Waals surface area contributed by atoms with E-state index in [4.69, 9.17) is 14.2 Å². The van der Waals surface area contributed by atoms with Gasteiger partial charge in [-0.1, -0.05) is 24.6 Å². The normalized spacial score (nSPS) is 14.9. The summed E-state index contributed by atoms with van der Waals surface area (Å²) in [6.45, 7) is 3.92. The quantitative estimate of drug-likeness (QED) is 0.346. The highest BCUT2D eigenvalue weighted by Gasteiger charge is 2.12. The van der Waals surface area contributed by atoms with Crippen LogP contribution >= 0.6 is 0 Å². The Hall–Kier alpha value is -1.92. The van der Waals surface area contributed by atoms with Gasteiger partial charge in [0.1, 0.15) is 32.0 Å². The first-order valence-electron chi connectivity index (χ1n) is 8.89. The van der Waals surface area contributed by atoms with Gasteiger partial charge in [-0.25, -0.2) is 0 Å². The van der Waals surface area contributed by atoms with E-state index in [9.17, 15) is 9.59 Å². The monoisotopic (exact) mass is 349 g/mol. The van der Waals surface area contributed by atoms with Gasteiger partial charge in [-0.3, -0.25) is 9.59 Å². The molecule has 138 valence electrons. The number of rotatable bonds is 11. The van der Waals surface area contributed by atoms with Crippen molar-refractivity contribution in [1.29, 1.82) is 0 Å². The smallest absolute Gasteiger partial charge is 0.313 e. The van der Waals surface area contributed by atoms with E-state index in [2.05, 4.69) is 4.90 Å². The molecule has 6 nitrogen and oxygen atoms in total. The topological polar surface area (TPSA) is 65.1 Å².